The number of hydrogen-bond acceptors (Lipinski definition) is 15. The summed E-state index contributed by atoms with van der Waals surface area (Å²) in [7, 11) is -9.91. The molecule has 100 heavy (non-hydrogen) atoms. The van der Waals surface area contributed by atoms with E-state index in [2.05, 4.69) is 41.5 Å². The van der Waals surface area contributed by atoms with Crippen LogP contribution in [-0.2, 0) is 65.4 Å². The van der Waals surface area contributed by atoms with Crippen LogP contribution in [0, 0.1) is 11.8 Å². The summed E-state index contributed by atoms with van der Waals surface area (Å²) in [5, 5.41) is 10.6. The van der Waals surface area contributed by atoms with Crippen LogP contribution >= 0.6 is 15.6 Å². The molecular weight excluding hydrogens is 1310 g/mol. The third-order valence-corrected chi connectivity index (χ3v) is 20.9. The van der Waals surface area contributed by atoms with Gasteiger partial charge in [-0.05, 0) is 37.5 Å². The summed E-state index contributed by atoms with van der Waals surface area (Å²) in [4.78, 5) is 72.9. The highest BCUT2D eigenvalue weighted by atomic mass is 31.2. The molecule has 2 unspecified atom stereocenters. The minimum absolute atomic E-state index is 0.107. The van der Waals surface area contributed by atoms with Gasteiger partial charge in [0.25, 0.3) is 0 Å². The van der Waals surface area contributed by atoms with Gasteiger partial charge in [0.15, 0.2) is 12.2 Å². The third-order valence-electron chi connectivity index (χ3n) is 19.0. The molecular formula is C81H158O17P2. The lowest BCUT2D eigenvalue weighted by Gasteiger charge is -2.21. The van der Waals surface area contributed by atoms with Crippen molar-refractivity contribution in [3.8, 4) is 0 Å². The Hall–Kier alpha value is -1.94. The summed E-state index contributed by atoms with van der Waals surface area (Å²) < 4.78 is 68.6. The Kier molecular flexibility index (Phi) is 71.2. The van der Waals surface area contributed by atoms with E-state index in [1.807, 2.05) is 0 Å². The molecule has 0 aromatic heterocycles. The lowest BCUT2D eigenvalue weighted by atomic mass is 10.0. The maximum atomic E-state index is 13.1. The Morgan fingerprint density at radius 1 is 0.270 bits per heavy atom. The summed E-state index contributed by atoms with van der Waals surface area (Å²) >= 11 is 0. The lowest BCUT2D eigenvalue weighted by Crippen LogP contribution is -2.30. The van der Waals surface area contributed by atoms with Gasteiger partial charge < -0.3 is 33.8 Å². The molecule has 0 heterocycles. The minimum Gasteiger partial charge on any atom is -0.462 e. The van der Waals surface area contributed by atoms with Crippen molar-refractivity contribution in [1.82, 2.24) is 0 Å². The van der Waals surface area contributed by atoms with E-state index in [1.54, 1.807) is 0 Å². The van der Waals surface area contributed by atoms with Gasteiger partial charge in [-0.25, -0.2) is 9.13 Å². The van der Waals surface area contributed by atoms with Crippen LogP contribution in [0.4, 0.5) is 0 Å². The third kappa shape index (κ3) is 74.3. The Morgan fingerprint density at radius 3 is 0.680 bits per heavy atom. The maximum absolute atomic E-state index is 13.1. The van der Waals surface area contributed by atoms with E-state index in [9.17, 15) is 43.2 Å². The van der Waals surface area contributed by atoms with E-state index in [-0.39, 0.29) is 25.7 Å². The Morgan fingerprint density at radius 2 is 0.460 bits per heavy atom. The second-order valence-corrected chi connectivity index (χ2v) is 33.0. The monoisotopic (exact) mass is 1470 g/mol. The highest BCUT2D eigenvalue weighted by Crippen LogP contribution is 2.45. The molecule has 0 aromatic carbocycles. The first kappa shape index (κ1) is 98.1. The molecule has 0 spiro atoms. The topological polar surface area (TPSA) is 237 Å². The number of phosphoric acid groups is 2. The molecule has 0 bridgehead atoms. The predicted octanol–water partition coefficient (Wildman–Crippen LogP) is 24.3. The van der Waals surface area contributed by atoms with Crippen LogP contribution in [0.25, 0.3) is 0 Å². The highest BCUT2D eigenvalue weighted by molar-refractivity contribution is 7.47. The van der Waals surface area contributed by atoms with Gasteiger partial charge in [0.05, 0.1) is 26.4 Å². The Labute approximate surface area is 613 Å². The fraction of sp³-hybridized carbons (Fsp3) is 0.951. The summed E-state index contributed by atoms with van der Waals surface area (Å²) in [5.74, 6) is -0.530. The summed E-state index contributed by atoms with van der Waals surface area (Å²) in [6, 6.07) is 0. The van der Waals surface area contributed by atoms with Gasteiger partial charge in [-0.2, -0.15) is 0 Å². The van der Waals surface area contributed by atoms with Crippen molar-refractivity contribution in [2.75, 3.05) is 39.6 Å². The van der Waals surface area contributed by atoms with Gasteiger partial charge in [-0.3, -0.25) is 37.3 Å². The van der Waals surface area contributed by atoms with Crippen LogP contribution in [-0.4, -0.2) is 96.7 Å². The fourth-order valence-electron chi connectivity index (χ4n) is 12.5. The fourth-order valence-corrected chi connectivity index (χ4v) is 14.1. The van der Waals surface area contributed by atoms with Crippen molar-refractivity contribution in [1.29, 1.82) is 0 Å². The zero-order valence-corrected chi connectivity index (χ0v) is 67.3. The van der Waals surface area contributed by atoms with Gasteiger partial charge in [0.1, 0.15) is 19.3 Å². The first-order valence-electron chi connectivity index (χ1n) is 42.0. The molecule has 0 fully saturated rings. The molecule has 594 valence electrons. The number of aliphatic hydroxyl groups excluding tert-OH is 1. The second-order valence-electron chi connectivity index (χ2n) is 30.1. The second kappa shape index (κ2) is 72.6. The number of rotatable bonds is 80. The van der Waals surface area contributed by atoms with Crippen LogP contribution < -0.4 is 0 Å². The number of phosphoric ester groups is 2. The van der Waals surface area contributed by atoms with Crippen molar-refractivity contribution < 1.29 is 80.2 Å². The summed E-state index contributed by atoms with van der Waals surface area (Å²) in [5.41, 5.74) is 0. The molecule has 19 heteroatoms. The van der Waals surface area contributed by atoms with Crippen molar-refractivity contribution >= 4 is 39.5 Å². The van der Waals surface area contributed by atoms with E-state index in [4.69, 9.17) is 37.0 Å². The van der Waals surface area contributed by atoms with Crippen LogP contribution in [0.15, 0.2) is 0 Å². The standard InChI is InChI=1S/C81H158O17P2/c1-7-9-11-13-15-16-17-18-19-20-21-22-23-26-30-36-41-47-53-59-65-81(86)98-77(70-92-79(84)64-58-52-46-40-35-29-27-24-25-28-33-38-44-49-55-61-73(3)4)72-96-100(89,90)94-68-75(82)67-93-99(87,88)95-71-76(69-91-78(83)63-57-51-43-14-12-10-8-2)97-80(85)66-60-54-48-42-37-32-31-34-39-45-50-56-62-74(5)6/h73-77,82H,7-72H2,1-6H3,(H,87,88)(H,89,90)/t75-,76+,77+/m0/s1. The van der Waals surface area contributed by atoms with Gasteiger partial charge in [0.2, 0.25) is 0 Å². The minimum atomic E-state index is -4.96. The first-order valence-corrected chi connectivity index (χ1v) is 45.0. The van der Waals surface area contributed by atoms with Gasteiger partial charge in [-0.15, -0.1) is 0 Å². The first-order chi connectivity index (χ1) is 48.4. The van der Waals surface area contributed by atoms with E-state index < -0.39 is 97.5 Å². The van der Waals surface area contributed by atoms with Gasteiger partial charge >= 0.3 is 39.5 Å². The van der Waals surface area contributed by atoms with Crippen LogP contribution in [0.2, 0.25) is 0 Å². The number of carbonyl (C=O) groups excluding carboxylic acids is 4. The van der Waals surface area contributed by atoms with Crippen LogP contribution in [0.3, 0.4) is 0 Å². The van der Waals surface area contributed by atoms with Crippen molar-refractivity contribution in [3.63, 3.8) is 0 Å². The largest absolute Gasteiger partial charge is 0.472 e. The number of ether oxygens (including phenoxy) is 4. The van der Waals surface area contributed by atoms with Crippen molar-refractivity contribution in [3.05, 3.63) is 0 Å². The number of hydrogen-bond donors (Lipinski definition) is 3. The molecule has 0 aromatic rings. The molecule has 17 nitrogen and oxygen atoms in total. The molecule has 0 aliphatic carbocycles. The molecule has 5 atom stereocenters. The van der Waals surface area contributed by atoms with E-state index in [1.165, 1.54) is 231 Å². The predicted molar refractivity (Wildman–Crippen MR) is 409 cm³/mol. The number of unbranched alkanes of at least 4 members (excludes halogenated alkanes) is 50. The van der Waals surface area contributed by atoms with Gasteiger partial charge in [0, 0.05) is 25.7 Å². The molecule has 0 amide bonds. The number of esters is 4. The molecule has 3 N–H and O–H groups in total. The zero-order chi connectivity index (χ0) is 73.5. The van der Waals surface area contributed by atoms with Crippen molar-refractivity contribution in [2.45, 2.75) is 445 Å². The Bertz CT molecular complexity index is 1920. The number of aliphatic hydroxyl groups is 1. The van der Waals surface area contributed by atoms with E-state index in [0.717, 1.165) is 115 Å². The van der Waals surface area contributed by atoms with Crippen molar-refractivity contribution in [2.24, 2.45) is 11.8 Å². The average Bonchev–Trinajstić information content (AvgIpc) is 0.991. The quantitative estimate of drug-likeness (QED) is 0.0222. The van der Waals surface area contributed by atoms with Crippen LogP contribution in [0.5, 0.6) is 0 Å². The molecule has 0 saturated carbocycles. The maximum Gasteiger partial charge on any atom is 0.472 e. The molecule has 0 radical (unpaired) electrons. The molecule has 0 aliphatic rings. The smallest absolute Gasteiger partial charge is 0.462 e. The summed E-state index contributed by atoms with van der Waals surface area (Å²) in [6.45, 7) is 9.63. The lowest BCUT2D eigenvalue weighted by molar-refractivity contribution is -0.161. The molecule has 0 saturated heterocycles. The van der Waals surface area contributed by atoms with Gasteiger partial charge in [-0.1, -0.05) is 375 Å². The summed E-state index contributed by atoms with van der Waals surface area (Å²) in [6.07, 6.45) is 62.6. The van der Waals surface area contributed by atoms with Crippen LogP contribution in [0.1, 0.15) is 427 Å². The molecule has 0 aliphatic heterocycles. The number of carbonyl (C=O) groups is 4. The molecule has 0 rings (SSSR count). The SMILES string of the molecule is CCCCCCCCCCCCCCCCCCCCCCC(=O)O[C@H](COC(=O)CCCCCCCCCCCCCCCCCC(C)C)COP(=O)(O)OC[C@@H](O)COP(=O)(O)OC[C@@H](COC(=O)CCCCCCCCC)OC(=O)CCCCCCCCCCCCCCC(C)C. The zero-order valence-electron chi connectivity index (χ0n) is 65.5. The highest BCUT2D eigenvalue weighted by Gasteiger charge is 2.30. The van der Waals surface area contributed by atoms with E-state index in [0.29, 0.717) is 25.7 Å². The average molecular weight is 1470 g/mol. The Balaban J connectivity index is 5.18. The van der Waals surface area contributed by atoms with E-state index >= 15 is 0 Å². The normalized spacial score (nSPS) is 13.9.